The summed E-state index contributed by atoms with van der Waals surface area (Å²) in [6.07, 6.45) is 3.26. The van der Waals surface area contributed by atoms with E-state index in [9.17, 15) is 59.3 Å². The number of fused-ring (bicyclic) bond motifs is 1. The van der Waals surface area contributed by atoms with Gasteiger partial charge in [-0.05, 0) is 74.5 Å². The summed E-state index contributed by atoms with van der Waals surface area (Å²) in [4.78, 5) is 105. The highest BCUT2D eigenvalue weighted by molar-refractivity contribution is 5.98. The van der Waals surface area contributed by atoms with Crippen molar-refractivity contribution >= 4 is 63.8 Å². The Kier molecular flexibility index (Phi) is 19.4. The van der Waals surface area contributed by atoms with Crippen LogP contribution < -0.4 is 34.4 Å². The highest BCUT2D eigenvalue weighted by Crippen LogP contribution is 2.38. The molecule has 1 saturated carbocycles. The summed E-state index contributed by atoms with van der Waals surface area (Å²) in [7, 11) is 2.97. The highest BCUT2D eigenvalue weighted by atomic mass is 16.6. The number of rotatable bonds is 25. The number of carbonyl (C=O) groups is 5. The quantitative estimate of drug-likeness (QED) is 0.0238. The summed E-state index contributed by atoms with van der Waals surface area (Å²) in [5, 5.41) is 50.6. The molecular formula is C45H50N4O19. The summed E-state index contributed by atoms with van der Waals surface area (Å²) < 4.78 is 28.4. The van der Waals surface area contributed by atoms with E-state index in [0.29, 0.717) is 36.2 Å². The van der Waals surface area contributed by atoms with Gasteiger partial charge in [0.05, 0.1) is 41.6 Å². The molecule has 1 heterocycles. The predicted molar refractivity (Wildman–Crippen MR) is 237 cm³/mol. The van der Waals surface area contributed by atoms with Crippen molar-refractivity contribution in [2.45, 2.75) is 51.7 Å². The molecule has 0 aliphatic heterocycles. The molecule has 0 amide bonds. The van der Waals surface area contributed by atoms with E-state index in [1.54, 1.807) is 12.1 Å². The highest BCUT2D eigenvalue weighted by Gasteiger charge is 2.29. The van der Waals surface area contributed by atoms with Crippen molar-refractivity contribution < 1.29 is 82.3 Å². The van der Waals surface area contributed by atoms with Gasteiger partial charge in [0, 0.05) is 37.0 Å². The Hall–Kier alpha value is -8.04. The fourth-order valence-corrected chi connectivity index (χ4v) is 7.74. The third-order valence-electron chi connectivity index (χ3n) is 10.9. The maximum atomic E-state index is 13.3. The first kappa shape index (κ1) is 52.6. The molecule has 5 rings (SSSR count). The normalized spacial score (nSPS) is 14.1. The van der Waals surface area contributed by atoms with Crippen molar-refractivity contribution in [1.82, 2.24) is 4.90 Å². The molecule has 0 unspecified atom stereocenters. The molecule has 1 aromatic heterocycles. The average molecular weight is 951 g/mol. The van der Waals surface area contributed by atoms with Gasteiger partial charge in [-0.25, -0.2) is 4.79 Å². The summed E-state index contributed by atoms with van der Waals surface area (Å²) in [6, 6.07) is 12.8. The number of anilines is 2. The minimum Gasteiger partial charge on any atom is -0.497 e. The molecule has 0 bridgehead atoms. The van der Waals surface area contributed by atoms with Gasteiger partial charge in [-0.1, -0.05) is 6.92 Å². The fourth-order valence-electron chi connectivity index (χ4n) is 7.74. The maximum Gasteiger partial charge on any atom is 0.373 e. The van der Waals surface area contributed by atoms with Crippen LogP contribution in [0.1, 0.15) is 54.9 Å². The molecule has 1 aliphatic rings. The number of benzene rings is 3. The number of carbonyl (C=O) groups excluding carboxylic acids is 3. The number of methoxy groups -OCH3 is 1. The van der Waals surface area contributed by atoms with Crippen molar-refractivity contribution in [1.29, 1.82) is 0 Å². The second-order valence-corrected chi connectivity index (χ2v) is 15.4. The largest absolute Gasteiger partial charge is 0.497 e. The van der Waals surface area contributed by atoms with Crippen LogP contribution in [0.15, 0.2) is 63.8 Å². The van der Waals surface area contributed by atoms with Crippen molar-refractivity contribution in [3.05, 3.63) is 86.3 Å². The molecular weight excluding hydrogens is 901 g/mol. The first-order chi connectivity index (χ1) is 32.4. The smallest absolute Gasteiger partial charge is 0.373 e. The number of ketones is 1. The molecule has 4 aromatic rings. The Bertz CT molecular complexity index is 2550. The first-order valence-corrected chi connectivity index (χ1v) is 20.9. The number of carboxylic acid groups (broad SMARTS) is 4. The number of nitrogens with zero attached hydrogens (tertiary/aromatic N) is 4. The summed E-state index contributed by atoms with van der Waals surface area (Å²) >= 11 is 0. The lowest BCUT2D eigenvalue weighted by Gasteiger charge is -2.35. The zero-order chi connectivity index (χ0) is 50.1. The minimum atomic E-state index is -1.41. The number of nitro groups is 1. The molecule has 364 valence electrons. The monoisotopic (exact) mass is 950 g/mol. The number of Topliss-reactive ketones (excluding diaryl/α,β-unsaturated/α-hetero) is 1. The van der Waals surface area contributed by atoms with Crippen LogP contribution in [-0.4, -0.2) is 132 Å². The van der Waals surface area contributed by atoms with Crippen LogP contribution in [-0.2, 0) is 35.4 Å². The molecule has 23 heteroatoms. The molecule has 0 atom stereocenters. The third-order valence-corrected chi connectivity index (χ3v) is 10.9. The van der Waals surface area contributed by atoms with Gasteiger partial charge in [-0.3, -0.25) is 39.0 Å². The summed E-state index contributed by atoms with van der Waals surface area (Å²) in [5.41, 5.74) is -1.26. The lowest BCUT2D eigenvalue weighted by Crippen LogP contribution is -2.41. The van der Waals surface area contributed by atoms with Crippen molar-refractivity contribution in [2.75, 3.05) is 69.9 Å². The van der Waals surface area contributed by atoms with Gasteiger partial charge < -0.3 is 53.6 Å². The van der Waals surface area contributed by atoms with E-state index < -0.39 is 59.8 Å². The Balaban J connectivity index is 0.00000327. The van der Waals surface area contributed by atoms with E-state index in [2.05, 4.69) is 0 Å². The lowest BCUT2D eigenvalue weighted by molar-refractivity contribution is -0.385. The predicted octanol–water partition coefficient (Wildman–Crippen LogP) is 4.20. The van der Waals surface area contributed by atoms with E-state index in [1.165, 1.54) is 55.5 Å². The van der Waals surface area contributed by atoms with E-state index in [-0.39, 0.29) is 96.3 Å². The van der Waals surface area contributed by atoms with Crippen molar-refractivity contribution in [3.63, 3.8) is 0 Å². The van der Waals surface area contributed by atoms with Crippen molar-refractivity contribution in [3.8, 4) is 23.0 Å². The van der Waals surface area contributed by atoms with Gasteiger partial charge in [-0.2, -0.15) is 9.59 Å². The van der Waals surface area contributed by atoms with Gasteiger partial charge >= 0.3 is 35.7 Å². The Morgan fingerprint density at radius 2 is 1.37 bits per heavy atom. The molecule has 3 aromatic carbocycles. The SMILES string of the molecule is CCN(CC(=O)O)C1CCC(CC(=O)c2cc3ccc(OCc4cc(N(CC(=O)O)CC(=O)O)c(OCCOc5cc(OC)ccc5N(C)CC(=O)O)cc4[N+](=O)[O-])cc3oc2=O)CC1.O=C=O. The minimum absolute atomic E-state index is 0.0200. The topological polar surface area (TPSA) is 320 Å². The Morgan fingerprint density at radius 3 is 1.93 bits per heavy atom. The number of nitro benzene ring substituents is 1. The standard InChI is InChI=1S/C44H50N4O17.CO2/c1-4-46(22-41(52)53)29-8-5-26(6-9-29)15-36(49)32-16-27-7-10-31(19-37(27)65-44(32)58)64-25-28-17-35(47(23-42(54)55)24-43(56)57)39(20-34(28)48(59)60)63-14-13-62-38-18-30(61-3)11-12-33(38)45(2)21-40(50)51;2-1-3/h7,10-12,16-20,26,29H,4-6,8-9,13-15,21-25H2,1-3H3,(H,50,51)(H,52,53)(H,54,55)(H,56,57);. The lowest BCUT2D eigenvalue weighted by atomic mass is 9.82. The zero-order valence-corrected chi connectivity index (χ0v) is 37.2. The zero-order valence-electron chi connectivity index (χ0n) is 37.2. The summed E-state index contributed by atoms with van der Waals surface area (Å²) in [5.74, 6) is -4.68. The second-order valence-electron chi connectivity index (χ2n) is 15.4. The molecule has 1 fully saturated rings. The maximum absolute atomic E-state index is 13.3. The number of likely N-dealkylation sites (N-methyl/N-ethyl adjacent to an activating group) is 2. The van der Waals surface area contributed by atoms with Crippen LogP contribution in [0.25, 0.3) is 11.0 Å². The molecule has 0 radical (unpaired) electrons. The molecule has 1 aliphatic carbocycles. The van der Waals surface area contributed by atoms with Gasteiger partial charge in [0.1, 0.15) is 73.6 Å². The molecule has 4 N–H and O–H groups in total. The van der Waals surface area contributed by atoms with Crippen LogP contribution in [0.2, 0.25) is 0 Å². The van der Waals surface area contributed by atoms with Crippen LogP contribution in [0, 0.1) is 16.0 Å². The average Bonchev–Trinajstić information content (AvgIpc) is 3.28. The van der Waals surface area contributed by atoms with Crippen LogP contribution in [0.3, 0.4) is 0 Å². The van der Waals surface area contributed by atoms with E-state index in [1.807, 2.05) is 11.8 Å². The number of hydrogen-bond acceptors (Lipinski definition) is 18. The van der Waals surface area contributed by atoms with E-state index in [4.69, 9.17) is 33.0 Å². The Labute approximate surface area is 387 Å². The number of carboxylic acids is 4. The number of hydrogen-bond donors (Lipinski definition) is 4. The van der Waals surface area contributed by atoms with Crippen LogP contribution >= 0.6 is 0 Å². The van der Waals surface area contributed by atoms with Gasteiger partial charge in [0.15, 0.2) is 5.78 Å². The van der Waals surface area contributed by atoms with Gasteiger partial charge in [-0.15, -0.1) is 0 Å². The Morgan fingerprint density at radius 1 is 0.779 bits per heavy atom. The second kappa shape index (κ2) is 25.0. The summed E-state index contributed by atoms with van der Waals surface area (Å²) in [6.45, 7) is -0.555. The fraction of sp³-hybridized carbons (Fsp3) is 0.400. The molecule has 0 spiro atoms. The van der Waals surface area contributed by atoms with Crippen LogP contribution in [0.5, 0.6) is 23.0 Å². The van der Waals surface area contributed by atoms with Gasteiger partial charge in [0.2, 0.25) is 0 Å². The molecule has 68 heavy (non-hydrogen) atoms. The molecule has 23 nitrogen and oxygen atoms in total. The van der Waals surface area contributed by atoms with E-state index >= 15 is 0 Å². The van der Waals surface area contributed by atoms with Crippen molar-refractivity contribution in [2.24, 2.45) is 5.92 Å². The van der Waals surface area contributed by atoms with E-state index in [0.717, 1.165) is 23.8 Å². The first-order valence-electron chi connectivity index (χ1n) is 20.9. The third kappa shape index (κ3) is 15.0. The van der Waals surface area contributed by atoms with Gasteiger partial charge in [0.25, 0.3) is 5.69 Å². The number of ether oxygens (including phenoxy) is 4. The molecule has 0 saturated heterocycles. The number of aliphatic carboxylic acids is 4. The van der Waals surface area contributed by atoms with Crippen LogP contribution in [0.4, 0.5) is 17.1 Å².